The minimum Gasteiger partial charge on any atom is -0.508 e. The molecule has 0 spiro atoms. The van der Waals surface area contributed by atoms with Crippen LogP contribution in [0.15, 0.2) is 46.1 Å². The van der Waals surface area contributed by atoms with Gasteiger partial charge in [0.2, 0.25) is 0 Å². The van der Waals surface area contributed by atoms with Crippen LogP contribution in [0.3, 0.4) is 0 Å². The number of hydrogen-bond donors (Lipinski definition) is 2. The third-order valence-electron chi connectivity index (χ3n) is 3.48. The Kier molecular flexibility index (Phi) is 3.42. The van der Waals surface area contributed by atoms with Gasteiger partial charge in [-0.2, -0.15) is 0 Å². The maximum atomic E-state index is 9.45. The zero-order chi connectivity index (χ0) is 15.7. The lowest BCUT2D eigenvalue weighted by Gasteiger charge is -2.11. The summed E-state index contributed by atoms with van der Waals surface area (Å²) in [6, 6.07) is 10.6. The van der Waals surface area contributed by atoms with Crippen LogP contribution in [0.2, 0.25) is 0 Å². The topological polar surface area (TPSA) is 83.8 Å². The van der Waals surface area contributed by atoms with Gasteiger partial charge >= 0.3 is 0 Å². The summed E-state index contributed by atoms with van der Waals surface area (Å²) in [4.78, 5) is 0. The van der Waals surface area contributed by atoms with Crippen LogP contribution in [-0.4, -0.2) is 26.3 Å². The van der Waals surface area contributed by atoms with Crippen LogP contribution in [0.5, 0.6) is 5.75 Å². The Bertz CT molecular complexity index is 809. The van der Waals surface area contributed by atoms with Gasteiger partial charge in [0.25, 0.3) is 0 Å². The Morgan fingerprint density at radius 2 is 1.86 bits per heavy atom. The number of oxime groups is 1. The van der Waals surface area contributed by atoms with Crippen molar-refractivity contribution >= 4 is 6.21 Å². The molecule has 0 fully saturated rings. The van der Waals surface area contributed by atoms with E-state index < -0.39 is 0 Å². The van der Waals surface area contributed by atoms with E-state index in [1.54, 1.807) is 12.1 Å². The Balaban J connectivity index is 2.26. The van der Waals surface area contributed by atoms with Crippen molar-refractivity contribution in [2.45, 2.75) is 13.8 Å². The number of rotatable bonds is 3. The van der Waals surface area contributed by atoms with E-state index in [4.69, 9.17) is 9.73 Å². The highest BCUT2D eigenvalue weighted by molar-refractivity contribution is 5.82. The lowest BCUT2D eigenvalue weighted by Crippen LogP contribution is -2.03. The third kappa shape index (κ3) is 2.24. The molecule has 0 aliphatic heterocycles. The fourth-order valence-corrected chi connectivity index (χ4v) is 2.52. The number of aromatic hydroxyl groups is 1. The fourth-order valence-electron chi connectivity index (χ4n) is 2.52. The van der Waals surface area contributed by atoms with Crippen LogP contribution in [-0.2, 0) is 0 Å². The van der Waals surface area contributed by atoms with E-state index in [1.807, 2.05) is 42.7 Å². The Labute approximate surface area is 126 Å². The van der Waals surface area contributed by atoms with E-state index in [0.717, 1.165) is 22.6 Å². The van der Waals surface area contributed by atoms with Crippen molar-refractivity contribution in [3.8, 4) is 22.7 Å². The second-order valence-corrected chi connectivity index (χ2v) is 4.94. The second-order valence-electron chi connectivity index (χ2n) is 4.94. The van der Waals surface area contributed by atoms with E-state index in [9.17, 15) is 5.11 Å². The number of phenols is 1. The molecule has 3 rings (SSSR count). The molecule has 0 aliphatic rings. The van der Waals surface area contributed by atoms with Crippen molar-refractivity contribution in [2.75, 3.05) is 0 Å². The van der Waals surface area contributed by atoms with E-state index in [-0.39, 0.29) is 5.75 Å². The smallest absolute Gasteiger partial charge is 0.157 e. The summed E-state index contributed by atoms with van der Waals surface area (Å²) in [5.74, 6) is 0.873. The quantitative estimate of drug-likeness (QED) is 0.441. The minimum absolute atomic E-state index is 0.205. The maximum Gasteiger partial charge on any atom is 0.157 e. The Morgan fingerprint density at radius 3 is 2.45 bits per heavy atom. The normalized spacial score (nSPS) is 11.4. The molecule has 6 nitrogen and oxygen atoms in total. The molecule has 2 N–H and O–H groups in total. The molecule has 0 unspecified atom stereocenters. The minimum atomic E-state index is 0.205. The molecule has 0 radical (unpaired) electrons. The predicted molar refractivity (Wildman–Crippen MR) is 81.8 cm³/mol. The molecule has 22 heavy (non-hydrogen) atoms. The summed E-state index contributed by atoms with van der Waals surface area (Å²) in [6.45, 7) is 3.68. The van der Waals surface area contributed by atoms with E-state index in [1.165, 1.54) is 6.21 Å². The molecular weight excluding hydrogens is 282 g/mol. The molecule has 1 aromatic carbocycles. The van der Waals surface area contributed by atoms with Gasteiger partial charge in [0.15, 0.2) is 5.76 Å². The molecule has 0 bridgehead atoms. The summed E-state index contributed by atoms with van der Waals surface area (Å²) in [6.07, 6.45) is 1.36. The van der Waals surface area contributed by atoms with Gasteiger partial charge in [0.1, 0.15) is 17.1 Å². The molecule has 0 aliphatic carbocycles. The predicted octanol–water partition coefficient (Wildman–Crippen LogP) is 3.26. The third-order valence-corrected chi connectivity index (χ3v) is 3.48. The lowest BCUT2D eigenvalue weighted by atomic mass is 10.1. The first-order chi connectivity index (χ1) is 10.6. The highest BCUT2D eigenvalue weighted by atomic mass is 16.5. The van der Waals surface area contributed by atoms with Gasteiger partial charge in [-0.25, -0.2) is 0 Å². The van der Waals surface area contributed by atoms with Crippen LogP contribution in [0.1, 0.15) is 17.1 Å². The van der Waals surface area contributed by atoms with Gasteiger partial charge in [-0.1, -0.05) is 10.3 Å². The number of nitrogens with zero attached hydrogens (tertiary/aromatic N) is 3. The Morgan fingerprint density at radius 1 is 1.14 bits per heavy atom. The fraction of sp³-hybridized carbons (Fsp3) is 0.125. The number of benzene rings is 1. The number of aromatic nitrogens is 2. The summed E-state index contributed by atoms with van der Waals surface area (Å²) >= 11 is 0. The summed E-state index contributed by atoms with van der Waals surface area (Å²) in [5.41, 5.74) is 4.03. The second kappa shape index (κ2) is 5.40. The summed E-state index contributed by atoms with van der Waals surface area (Å²) < 4.78 is 7.15. The number of phenolic OH excluding ortho intramolecular Hbond substituents is 1. The Hall–Kier alpha value is -3.02. The first kappa shape index (κ1) is 13.9. The van der Waals surface area contributed by atoms with Gasteiger partial charge in [-0.05, 0) is 55.8 Å². The molecule has 0 saturated heterocycles. The van der Waals surface area contributed by atoms with Crippen molar-refractivity contribution in [1.82, 2.24) is 9.72 Å². The molecule has 6 heteroatoms. The molecule has 0 atom stereocenters. The van der Waals surface area contributed by atoms with Crippen LogP contribution in [0, 0.1) is 13.8 Å². The van der Waals surface area contributed by atoms with Gasteiger partial charge < -0.3 is 19.4 Å². The van der Waals surface area contributed by atoms with Crippen LogP contribution in [0.25, 0.3) is 16.9 Å². The van der Waals surface area contributed by atoms with Gasteiger partial charge in [0, 0.05) is 0 Å². The molecule has 112 valence electrons. The molecule has 3 aromatic rings. The van der Waals surface area contributed by atoms with Gasteiger partial charge in [-0.3, -0.25) is 0 Å². The highest BCUT2D eigenvalue weighted by Gasteiger charge is 2.18. The molecular formula is C16H15N3O3. The first-order valence-electron chi connectivity index (χ1n) is 6.73. The lowest BCUT2D eigenvalue weighted by molar-refractivity contribution is 0.321. The number of aryl methyl sites for hydroxylation is 2. The summed E-state index contributed by atoms with van der Waals surface area (Å²) in [7, 11) is 0. The first-order valence-corrected chi connectivity index (χ1v) is 6.73. The average Bonchev–Trinajstić information content (AvgIpc) is 3.04. The van der Waals surface area contributed by atoms with E-state index in [0.29, 0.717) is 11.5 Å². The maximum absolute atomic E-state index is 9.45. The summed E-state index contributed by atoms with van der Waals surface area (Å²) in [5, 5.41) is 25.4. The largest absolute Gasteiger partial charge is 0.508 e. The van der Waals surface area contributed by atoms with Crippen LogP contribution in [0.4, 0.5) is 0 Å². The van der Waals surface area contributed by atoms with E-state index in [2.05, 4.69) is 10.3 Å². The van der Waals surface area contributed by atoms with Crippen molar-refractivity contribution in [2.24, 2.45) is 5.16 Å². The van der Waals surface area contributed by atoms with Gasteiger partial charge in [-0.15, -0.1) is 0 Å². The highest BCUT2D eigenvalue weighted by Crippen LogP contribution is 2.30. The zero-order valence-corrected chi connectivity index (χ0v) is 12.2. The zero-order valence-electron chi connectivity index (χ0n) is 12.2. The standard InChI is InChI=1S/C16H15N3O3/c1-10-16(11(2)22-18-10)19-13(9-17-21)5-8-15(19)12-3-6-14(20)7-4-12/h3-9,20-21H,1-2H3. The number of hydrogen-bond acceptors (Lipinski definition) is 5. The van der Waals surface area contributed by atoms with Crippen molar-refractivity contribution in [1.29, 1.82) is 0 Å². The molecule has 0 saturated carbocycles. The van der Waals surface area contributed by atoms with E-state index >= 15 is 0 Å². The molecule has 2 aromatic heterocycles. The van der Waals surface area contributed by atoms with Crippen LogP contribution < -0.4 is 0 Å². The molecule has 0 amide bonds. The van der Waals surface area contributed by atoms with Crippen molar-refractivity contribution < 1.29 is 14.8 Å². The monoisotopic (exact) mass is 297 g/mol. The van der Waals surface area contributed by atoms with Crippen molar-refractivity contribution in [3.63, 3.8) is 0 Å². The van der Waals surface area contributed by atoms with Crippen molar-refractivity contribution in [3.05, 3.63) is 53.5 Å². The average molecular weight is 297 g/mol. The SMILES string of the molecule is Cc1noc(C)c1-n1c(C=NO)ccc1-c1ccc(O)cc1. The van der Waals surface area contributed by atoms with Crippen LogP contribution >= 0.6 is 0 Å². The van der Waals surface area contributed by atoms with Gasteiger partial charge in [0.05, 0.1) is 17.6 Å². The molecule has 2 heterocycles.